The third kappa shape index (κ3) is 3.87. The van der Waals surface area contributed by atoms with E-state index in [1.54, 1.807) is 6.07 Å². The maximum Gasteiger partial charge on any atom is 0.253 e. The van der Waals surface area contributed by atoms with Crippen LogP contribution in [0.5, 0.6) is 5.75 Å². The molecule has 0 bridgehead atoms. The van der Waals surface area contributed by atoms with E-state index in [9.17, 15) is 9.90 Å². The highest BCUT2D eigenvalue weighted by Crippen LogP contribution is 2.24. The van der Waals surface area contributed by atoms with Crippen LogP contribution in [0.25, 0.3) is 0 Å². The highest BCUT2D eigenvalue weighted by atomic mass is 79.9. The lowest BCUT2D eigenvalue weighted by Crippen LogP contribution is -2.35. The van der Waals surface area contributed by atoms with E-state index in [4.69, 9.17) is 11.6 Å². The largest absolute Gasteiger partial charge is 0.506 e. The maximum absolute atomic E-state index is 12.4. The molecule has 4 nitrogen and oxygen atoms in total. The Morgan fingerprint density at radius 1 is 1.30 bits per heavy atom. The molecule has 1 saturated heterocycles. The van der Waals surface area contributed by atoms with E-state index < -0.39 is 0 Å². The first-order valence-electron chi connectivity index (χ1n) is 6.68. The van der Waals surface area contributed by atoms with Crippen LogP contribution >= 0.6 is 27.5 Å². The number of alkyl halides is 1. The number of benzene rings is 1. The molecule has 1 aliphatic rings. The van der Waals surface area contributed by atoms with Crippen LogP contribution in [0.3, 0.4) is 0 Å². The van der Waals surface area contributed by atoms with Gasteiger partial charge in [0.05, 0.1) is 5.02 Å². The van der Waals surface area contributed by atoms with Gasteiger partial charge in [-0.1, -0.05) is 27.5 Å². The fraction of sp³-hybridized carbons (Fsp3) is 0.500. The molecule has 0 unspecified atom stereocenters. The second kappa shape index (κ2) is 7.29. The van der Waals surface area contributed by atoms with Gasteiger partial charge < -0.3 is 14.9 Å². The quantitative estimate of drug-likeness (QED) is 0.842. The predicted molar refractivity (Wildman–Crippen MR) is 83.9 cm³/mol. The van der Waals surface area contributed by atoms with Gasteiger partial charge in [-0.2, -0.15) is 0 Å². The maximum atomic E-state index is 12.4. The smallest absolute Gasteiger partial charge is 0.253 e. The number of hydrogen-bond acceptors (Lipinski definition) is 3. The standard InChI is InChI=1S/C14H18BrClN2O2/c15-4-7-17-5-1-6-18(9-8-17)14(20)11-2-3-13(19)12(16)10-11/h2-3,10,19H,1,4-9H2. The molecule has 1 amide bonds. The minimum Gasteiger partial charge on any atom is -0.506 e. The van der Waals surface area contributed by atoms with Gasteiger partial charge in [-0.05, 0) is 31.2 Å². The lowest BCUT2D eigenvalue weighted by atomic mass is 10.2. The molecule has 0 atom stereocenters. The van der Waals surface area contributed by atoms with Crippen LogP contribution in [0.15, 0.2) is 18.2 Å². The molecule has 0 radical (unpaired) electrons. The van der Waals surface area contributed by atoms with Gasteiger partial charge in [-0.25, -0.2) is 0 Å². The van der Waals surface area contributed by atoms with Gasteiger partial charge in [0.15, 0.2) is 0 Å². The van der Waals surface area contributed by atoms with Gasteiger partial charge >= 0.3 is 0 Å². The van der Waals surface area contributed by atoms with E-state index in [0.29, 0.717) is 5.56 Å². The highest BCUT2D eigenvalue weighted by Gasteiger charge is 2.20. The number of phenolic OH excluding ortho intramolecular Hbond substituents is 1. The summed E-state index contributed by atoms with van der Waals surface area (Å²) in [5, 5.41) is 10.6. The van der Waals surface area contributed by atoms with Crippen LogP contribution in [-0.2, 0) is 0 Å². The Bertz CT molecular complexity index is 484. The van der Waals surface area contributed by atoms with Gasteiger partial charge in [0.2, 0.25) is 0 Å². The number of halogens is 2. The molecule has 110 valence electrons. The van der Waals surface area contributed by atoms with E-state index in [0.717, 1.165) is 44.5 Å². The molecule has 0 aliphatic carbocycles. The predicted octanol–water partition coefficient (Wildman–Crippen LogP) is 2.59. The molecule has 1 aromatic rings. The van der Waals surface area contributed by atoms with E-state index in [1.165, 1.54) is 12.1 Å². The van der Waals surface area contributed by atoms with Gasteiger partial charge in [0.25, 0.3) is 5.91 Å². The number of nitrogens with zero attached hydrogens (tertiary/aromatic N) is 2. The van der Waals surface area contributed by atoms with Gasteiger partial charge in [-0.3, -0.25) is 4.79 Å². The summed E-state index contributed by atoms with van der Waals surface area (Å²) in [7, 11) is 0. The van der Waals surface area contributed by atoms with Crippen LogP contribution < -0.4 is 0 Å². The molecular formula is C14H18BrClN2O2. The van der Waals surface area contributed by atoms with Crippen LogP contribution in [0, 0.1) is 0 Å². The van der Waals surface area contributed by atoms with Crippen LogP contribution in [-0.4, -0.2) is 58.9 Å². The summed E-state index contributed by atoms with van der Waals surface area (Å²) in [6.45, 7) is 4.41. The van der Waals surface area contributed by atoms with Crippen LogP contribution in [0.4, 0.5) is 0 Å². The van der Waals surface area contributed by atoms with Crippen molar-refractivity contribution in [1.29, 1.82) is 0 Å². The molecule has 1 aliphatic heterocycles. The summed E-state index contributed by atoms with van der Waals surface area (Å²) in [6, 6.07) is 4.61. The summed E-state index contributed by atoms with van der Waals surface area (Å²) < 4.78 is 0. The van der Waals surface area contributed by atoms with Crippen molar-refractivity contribution < 1.29 is 9.90 Å². The number of carbonyl (C=O) groups excluding carboxylic acids is 1. The number of carbonyl (C=O) groups is 1. The molecule has 1 aromatic carbocycles. The highest BCUT2D eigenvalue weighted by molar-refractivity contribution is 9.09. The normalized spacial score (nSPS) is 17.0. The summed E-state index contributed by atoms with van der Waals surface area (Å²) in [4.78, 5) is 16.6. The van der Waals surface area contributed by atoms with Crippen molar-refractivity contribution in [2.45, 2.75) is 6.42 Å². The first-order valence-corrected chi connectivity index (χ1v) is 8.18. The molecule has 1 heterocycles. The zero-order chi connectivity index (χ0) is 14.5. The first kappa shape index (κ1) is 15.6. The van der Waals surface area contributed by atoms with Crippen molar-refractivity contribution in [3.8, 4) is 5.75 Å². The summed E-state index contributed by atoms with van der Waals surface area (Å²) in [5.74, 6) is -0.0184. The Morgan fingerprint density at radius 2 is 2.10 bits per heavy atom. The molecule has 0 saturated carbocycles. The molecule has 2 rings (SSSR count). The molecule has 1 fully saturated rings. The zero-order valence-corrected chi connectivity index (χ0v) is 13.5. The third-order valence-electron chi connectivity index (χ3n) is 3.47. The molecule has 0 aromatic heterocycles. The molecule has 1 N–H and O–H groups in total. The molecule has 0 spiro atoms. The van der Waals surface area contributed by atoms with Crippen molar-refractivity contribution in [3.63, 3.8) is 0 Å². The van der Waals surface area contributed by atoms with Crippen molar-refractivity contribution in [1.82, 2.24) is 9.80 Å². The number of aromatic hydroxyl groups is 1. The summed E-state index contributed by atoms with van der Waals surface area (Å²) in [5.41, 5.74) is 0.529. The Labute approximate surface area is 132 Å². The molecule has 20 heavy (non-hydrogen) atoms. The SMILES string of the molecule is O=C(c1ccc(O)c(Cl)c1)N1CCCN(CCBr)CC1. The zero-order valence-electron chi connectivity index (χ0n) is 11.2. The monoisotopic (exact) mass is 360 g/mol. The average molecular weight is 362 g/mol. The molecule has 6 heteroatoms. The van der Waals surface area contributed by atoms with E-state index in [-0.39, 0.29) is 16.7 Å². The van der Waals surface area contributed by atoms with E-state index >= 15 is 0 Å². The average Bonchev–Trinajstić information content (AvgIpc) is 2.67. The van der Waals surface area contributed by atoms with Crippen molar-refractivity contribution in [2.75, 3.05) is 38.1 Å². The topological polar surface area (TPSA) is 43.8 Å². The first-order chi connectivity index (χ1) is 9.61. The van der Waals surface area contributed by atoms with Crippen molar-refractivity contribution >= 4 is 33.4 Å². The number of rotatable bonds is 3. The summed E-state index contributed by atoms with van der Waals surface area (Å²) in [6.07, 6.45) is 0.977. The number of phenols is 1. The third-order valence-corrected chi connectivity index (χ3v) is 4.13. The Morgan fingerprint density at radius 3 is 2.80 bits per heavy atom. The van der Waals surface area contributed by atoms with Crippen molar-refractivity contribution in [2.24, 2.45) is 0 Å². The van der Waals surface area contributed by atoms with Crippen LogP contribution in [0.1, 0.15) is 16.8 Å². The van der Waals surface area contributed by atoms with Gasteiger partial charge in [0, 0.05) is 37.1 Å². The molecular weight excluding hydrogens is 344 g/mol. The lowest BCUT2D eigenvalue weighted by Gasteiger charge is -2.21. The second-order valence-corrected chi connectivity index (χ2v) is 6.04. The van der Waals surface area contributed by atoms with Crippen molar-refractivity contribution in [3.05, 3.63) is 28.8 Å². The Hall–Kier alpha value is -0.780. The lowest BCUT2D eigenvalue weighted by molar-refractivity contribution is 0.0762. The van der Waals surface area contributed by atoms with Gasteiger partial charge in [0.1, 0.15) is 5.75 Å². The van der Waals surface area contributed by atoms with E-state index in [2.05, 4.69) is 20.8 Å². The minimum atomic E-state index is -0.0207. The summed E-state index contributed by atoms with van der Waals surface area (Å²) >= 11 is 9.30. The van der Waals surface area contributed by atoms with Crippen LogP contribution in [0.2, 0.25) is 5.02 Å². The Kier molecular flexibility index (Phi) is 5.69. The van der Waals surface area contributed by atoms with Gasteiger partial charge in [-0.15, -0.1) is 0 Å². The number of amides is 1. The van der Waals surface area contributed by atoms with E-state index in [1.807, 2.05) is 4.90 Å². The fourth-order valence-electron chi connectivity index (χ4n) is 2.34. The second-order valence-electron chi connectivity index (χ2n) is 4.84. The minimum absolute atomic E-state index is 0.00239. The fourth-order valence-corrected chi connectivity index (χ4v) is 3.02. The number of hydrogen-bond donors (Lipinski definition) is 1. The Balaban J connectivity index is 2.03.